The van der Waals surface area contributed by atoms with Crippen molar-refractivity contribution in [2.45, 2.75) is 37.4 Å². The van der Waals surface area contributed by atoms with Crippen molar-refractivity contribution in [1.29, 1.82) is 0 Å². The molecule has 0 amide bonds. The summed E-state index contributed by atoms with van der Waals surface area (Å²) in [5, 5.41) is 8.72. The summed E-state index contributed by atoms with van der Waals surface area (Å²) in [5.41, 5.74) is 5.55. The molecule has 9 nitrogen and oxygen atoms in total. The molecule has 4 N–H and O–H groups in total. The number of rotatable bonds is 7. The molecule has 0 spiro atoms. The van der Waals surface area contributed by atoms with E-state index in [1.807, 2.05) is 6.08 Å². The molecule has 1 aromatic carbocycles. The van der Waals surface area contributed by atoms with Crippen LogP contribution in [0.1, 0.15) is 26.3 Å². The number of piperazine rings is 1. The molecule has 13 heteroatoms. The fourth-order valence-corrected chi connectivity index (χ4v) is 5.21. The van der Waals surface area contributed by atoms with Crippen LogP contribution >= 0.6 is 0 Å². The van der Waals surface area contributed by atoms with Gasteiger partial charge in [-0.05, 0) is 62.6 Å². The van der Waals surface area contributed by atoms with Crippen molar-refractivity contribution in [3.63, 3.8) is 0 Å². The number of nitrogens with zero attached hydrogens (tertiary/aromatic N) is 3. The fraction of sp³-hybridized carbons (Fsp3) is 0.360. The van der Waals surface area contributed by atoms with Crippen LogP contribution < -0.4 is 20.7 Å². The van der Waals surface area contributed by atoms with Gasteiger partial charge in [0.2, 0.25) is 16.0 Å². The van der Waals surface area contributed by atoms with Crippen molar-refractivity contribution in [1.82, 2.24) is 24.9 Å². The predicted octanol–water partition coefficient (Wildman–Crippen LogP) is 3.72. The molecule has 1 aliphatic carbocycles. The molecule has 1 aliphatic heterocycles. The number of halogens is 3. The number of nitrogens with one attached hydrogen (secondary N) is 4. The van der Waals surface area contributed by atoms with Crippen molar-refractivity contribution in [2.24, 2.45) is 0 Å². The molecule has 1 fully saturated rings. The van der Waals surface area contributed by atoms with Crippen LogP contribution in [-0.2, 0) is 16.2 Å². The molecular weight excluding hydrogens is 519 g/mol. The van der Waals surface area contributed by atoms with Crippen LogP contribution in [0.3, 0.4) is 0 Å². The van der Waals surface area contributed by atoms with E-state index in [-0.39, 0.29) is 16.5 Å². The Morgan fingerprint density at radius 2 is 1.79 bits per heavy atom. The molecule has 2 heterocycles. The van der Waals surface area contributed by atoms with Crippen LogP contribution in [0, 0.1) is 0 Å². The zero-order valence-corrected chi connectivity index (χ0v) is 21.9. The van der Waals surface area contributed by atoms with Gasteiger partial charge in [0.25, 0.3) is 0 Å². The zero-order chi connectivity index (χ0) is 27.6. The molecule has 2 aromatic rings. The van der Waals surface area contributed by atoms with Crippen molar-refractivity contribution in [2.75, 3.05) is 36.8 Å². The minimum atomic E-state index is -4.75. The topological polar surface area (TPSA) is 111 Å². The Balaban J connectivity index is 1.61. The van der Waals surface area contributed by atoms with E-state index in [0.29, 0.717) is 11.9 Å². The summed E-state index contributed by atoms with van der Waals surface area (Å²) in [4.78, 5) is 9.88. The largest absolute Gasteiger partial charge is 0.421 e. The van der Waals surface area contributed by atoms with Gasteiger partial charge in [-0.1, -0.05) is 6.07 Å². The first-order valence-electron chi connectivity index (χ1n) is 11.8. The van der Waals surface area contributed by atoms with Crippen molar-refractivity contribution in [3.8, 4) is 0 Å². The highest BCUT2D eigenvalue weighted by Crippen LogP contribution is 2.35. The summed E-state index contributed by atoms with van der Waals surface area (Å²) in [6.45, 7) is 8.46. The zero-order valence-electron chi connectivity index (χ0n) is 21.1. The highest BCUT2D eigenvalue weighted by molar-refractivity contribution is 7.89. The summed E-state index contributed by atoms with van der Waals surface area (Å²) >= 11 is 0. The van der Waals surface area contributed by atoms with E-state index < -0.39 is 33.1 Å². The van der Waals surface area contributed by atoms with Gasteiger partial charge in [0.05, 0.1) is 16.3 Å². The second kappa shape index (κ2) is 10.6. The van der Waals surface area contributed by atoms with Crippen LogP contribution in [-0.4, -0.2) is 55.0 Å². The Bertz CT molecular complexity index is 1440. The first-order chi connectivity index (χ1) is 17.8. The maximum atomic E-state index is 13.7. The standard InChI is InChI=1S/C25H28F3N7O2S/c1-24(2,3)34-38(36,37)20-6-4-5-18(15-20)31-22-21(25(26,27)28)16-30-23(33-22)32-17-7-9-19(10-8-17)35-13-11-29-12-14-35/h4-7,9,15-16,29,34H,11-14H2,1-3H3,(H2,30,31,32,33). The van der Waals surface area contributed by atoms with Crippen molar-refractivity contribution < 1.29 is 21.6 Å². The van der Waals surface area contributed by atoms with E-state index in [0.717, 1.165) is 31.9 Å². The lowest BCUT2D eigenvalue weighted by Gasteiger charge is -2.29. The first kappa shape index (κ1) is 27.4. The van der Waals surface area contributed by atoms with Crippen LogP contribution in [0.15, 0.2) is 70.4 Å². The SMILES string of the molecule is CC(C)(C)NS(=O)(=O)c1cccc(Nc2nc(NC3=C=C=C(N4CCNCC4)C=C3)ncc2C(F)(F)F)c1. The van der Waals surface area contributed by atoms with Gasteiger partial charge in [-0.2, -0.15) is 18.2 Å². The molecule has 0 atom stereocenters. The lowest BCUT2D eigenvalue weighted by molar-refractivity contribution is -0.137. The average molecular weight is 548 g/mol. The predicted molar refractivity (Wildman–Crippen MR) is 138 cm³/mol. The first-order valence-corrected chi connectivity index (χ1v) is 13.3. The molecule has 0 bridgehead atoms. The molecule has 0 radical (unpaired) electrons. The quantitative estimate of drug-likeness (QED) is 0.388. The third kappa shape index (κ3) is 7.03. The van der Waals surface area contributed by atoms with Crippen molar-refractivity contribution >= 4 is 27.5 Å². The Labute approximate surface area is 219 Å². The third-order valence-electron chi connectivity index (χ3n) is 5.38. The van der Waals surface area contributed by atoms with E-state index in [2.05, 4.69) is 47.0 Å². The average Bonchev–Trinajstić information content (AvgIpc) is 2.83. The van der Waals surface area contributed by atoms with E-state index in [9.17, 15) is 21.6 Å². The molecule has 38 heavy (non-hydrogen) atoms. The second-order valence-corrected chi connectivity index (χ2v) is 11.4. The Hall–Kier alpha value is -3.60. The summed E-state index contributed by atoms with van der Waals surface area (Å²) in [6, 6.07) is 5.47. The van der Waals surface area contributed by atoms with Crippen LogP contribution in [0.25, 0.3) is 0 Å². The number of hydrogen-bond donors (Lipinski definition) is 4. The lowest BCUT2D eigenvalue weighted by atomic mass is 10.1. The van der Waals surface area contributed by atoms with E-state index in [1.54, 1.807) is 26.8 Å². The van der Waals surface area contributed by atoms with Gasteiger partial charge in [-0.3, -0.25) is 0 Å². The number of anilines is 3. The number of alkyl halides is 3. The number of hydrogen-bond acceptors (Lipinski definition) is 8. The van der Waals surface area contributed by atoms with Gasteiger partial charge in [-0.25, -0.2) is 18.1 Å². The highest BCUT2D eigenvalue weighted by atomic mass is 32.2. The minimum absolute atomic E-state index is 0.0988. The van der Waals surface area contributed by atoms with Gasteiger partial charge in [0.1, 0.15) is 11.4 Å². The molecule has 202 valence electrons. The van der Waals surface area contributed by atoms with E-state index in [4.69, 9.17) is 0 Å². The van der Waals surface area contributed by atoms with Gasteiger partial charge >= 0.3 is 6.18 Å². The number of benzene rings is 1. The second-order valence-electron chi connectivity index (χ2n) is 9.71. The normalized spacial score (nSPS) is 16.2. The van der Waals surface area contributed by atoms with Gasteiger partial charge in [0.15, 0.2) is 0 Å². The molecule has 0 unspecified atom stereocenters. The summed E-state index contributed by atoms with van der Waals surface area (Å²) < 4.78 is 69.1. The molecule has 2 aliphatic rings. The minimum Gasteiger partial charge on any atom is -0.362 e. The Kier molecular flexibility index (Phi) is 7.68. The maximum absolute atomic E-state index is 13.7. The molecule has 1 saturated heterocycles. The summed E-state index contributed by atoms with van der Waals surface area (Å²) in [7, 11) is -3.90. The van der Waals surface area contributed by atoms with Crippen molar-refractivity contribution in [3.05, 3.63) is 71.0 Å². The van der Waals surface area contributed by atoms with Crippen LogP contribution in [0.4, 0.5) is 30.6 Å². The third-order valence-corrected chi connectivity index (χ3v) is 7.13. The van der Waals surface area contributed by atoms with Crippen LogP contribution in [0.2, 0.25) is 0 Å². The van der Waals surface area contributed by atoms with Gasteiger partial charge in [-0.15, -0.1) is 0 Å². The smallest absolute Gasteiger partial charge is 0.362 e. The highest BCUT2D eigenvalue weighted by Gasteiger charge is 2.35. The van der Waals surface area contributed by atoms with E-state index in [1.165, 1.54) is 24.3 Å². The lowest BCUT2D eigenvalue weighted by Crippen LogP contribution is -2.42. The van der Waals surface area contributed by atoms with Gasteiger partial charge < -0.3 is 20.9 Å². The number of aromatic nitrogens is 2. The molecule has 0 saturated carbocycles. The number of sulfonamides is 1. The Morgan fingerprint density at radius 3 is 2.42 bits per heavy atom. The number of allylic oxidation sites excluding steroid dienone is 2. The fourth-order valence-electron chi connectivity index (χ4n) is 3.75. The monoisotopic (exact) mass is 547 g/mol. The maximum Gasteiger partial charge on any atom is 0.421 e. The van der Waals surface area contributed by atoms with Gasteiger partial charge in [0, 0.05) is 43.6 Å². The van der Waals surface area contributed by atoms with E-state index >= 15 is 0 Å². The Morgan fingerprint density at radius 1 is 1.05 bits per heavy atom. The van der Waals surface area contributed by atoms with Crippen LogP contribution in [0.5, 0.6) is 0 Å². The molecular formula is C25H28F3N7O2S. The molecule has 4 rings (SSSR count). The summed E-state index contributed by atoms with van der Waals surface area (Å²) in [5.74, 6) is -0.631. The summed E-state index contributed by atoms with van der Waals surface area (Å²) in [6.07, 6.45) is -0.523. The molecule has 1 aromatic heterocycles.